The maximum atomic E-state index is 15.5. The number of rotatable bonds is 4. The van der Waals surface area contributed by atoms with Crippen LogP contribution in [-0.4, -0.2) is 36.9 Å². The van der Waals surface area contributed by atoms with E-state index >= 15 is 4.39 Å². The van der Waals surface area contributed by atoms with E-state index in [-0.39, 0.29) is 6.54 Å². The second kappa shape index (κ2) is 9.52. The highest BCUT2D eigenvalue weighted by atomic mass is 19.1. The number of carboxylic acid groups (broad SMARTS) is 1. The number of hydrogen-bond donors (Lipinski definition) is 2. The monoisotopic (exact) mass is 536 g/mol. The Labute approximate surface area is 227 Å². The number of carboxylic acids is 1. The quantitative estimate of drug-likeness (QED) is 0.377. The predicted octanol–water partition coefficient (Wildman–Crippen LogP) is 6.92. The van der Waals surface area contributed by atoms with Crippen molar-refractivity contribution in [2.24, 2.45) is 0 Å². The van der Waals surface area contributed by atoms with Crippen LogP contribution in [0.5, 0.6) is 5.75 Å². The van der Waals surface area contributed by atoms with Crippen molar-refractivity contribution >= 4 is 17.3 Å². The Kier molecular flexibility index (Phi) is 6.58. The molecule has 0 saturated heterocycles. The maximum absolute atomic E-state index is 15.5. The first-order valence-electron chi connectivity index (χ1n) is 13.1. The van der Waals surface area contributed by atoms with Gasteiger partial charge < -0.3 is 24.8 Å². The van der Waals surface area contributed by atoms with Gasteiger partial charge in [0.1, 0.15) is 24.0 Å². The molecule has 0 aromatic heterocycles. The smallest absolute Gasteiger partial charge is 0.337 e. The van der Waals surface area contributed by atoms with Gasteiger partial charge in [0.15, 0.2) is 6.10 Å². The number of anilines is 2. The van der Waals surface area contributed by atoms with E-state index in [1.807, 2.05) is 65.6 Å². The molecule has 0 saturated carbocycles. The van der Waals surface area contributed by atoms with Crippen molar-refractivity contribution in [3.05, 3.63) is 63.7 Å². The van der Waals surface area contributed by atoms with E-state index in [4.69, 9.17) is 9.47 Å². The van der Waals surface area contributed by atoms with Gasteiger partial charge in [-0.05, 0) is 87.1 Å². The number of benzene rings is 3. The number of nitrogens with zero attached hydrogens (tertiary/aromatic N) is 1. The molecule has 2 aliphatic heterocycles. The number of ether oxygens (including phenoxy) is 2. The van der Waals surface area contributed by atoms with E-state index in [2.05, 4.69) is 5.32 Å². The first-order valence-corrected chi connectivity index (χ1v) is 13.1. The number of fused-ring (bicyclic) bond motifs is 4. The molecule has 2 N–H and O–H groups in total. The molecule has 2 heterocycles. The van der Waals surface area contributed by atoms with Crippen molar-refractivity contribution < 1.29 is 28.2 Å². The highest BCUT2D eigenvalue weighted by Crippen LogP contribution is 2.52. The molecule has 1 unspecified atom stereocenters. The maximum Gasteiger partial charge on any atom is 0.337 e. The van der Waals surface area contributed by atoms with E-state index in [0.717, 1.165) is 28.6 Å². The standard InChI is InChI=1S/C31H34F2N2O4/c1-15-20(8-9-22-27(15)34-10-11-38-22)23-16(2)24-26-18(12-19(32)13-21(26)33)14-35(7)28(24)17(3)25(23)29(30(36)37)39-31(4,5)6/h8-9,12-13,29,34H,10-11,14H2,1-7H3,(H,36,37). The molecule has 39 heavy (non-hydrogen) atoms. The van der Waals surface area contributed by atoms with Gasteiger partial charge >= 0.3 is 5.97 Å². The van der Waals surface area contributed by atoms with Crippen LogP contribution in [-0.2, 0) is 16.1 Å². The summed E-state index contributed by atoms with van der Waals surface area (Å²) in [5.41, 5.74) is 6.58. The van der Waals surface area contributed by atoms with Crippen molar-refractivity contribution in [3.8, 4) is 28.0 Å². The van der Waals surface area contributed by atoms with Gasteiger partial charge in [-0.3, -0.25) is 0 Å². The molecule has 0 spiro atoms. The summed E-state index contributed by atoms with van der Waals surface area (Å²) in [5.74, 6) is -1.66. The molecule has 2 aliphatic rings. The van der Waals surface area contributed by atoms with Gasteiger partial charge in [-0.2, -0.15) is 0 Å². The lowest BCUT2D eigenvalue weighted by atomic mass is 9.78. The first kappa shape index (κ1) is 26.9. The van der Waals surface area contributed by atoms with Crippen LogP contribution < -0.4 is 15.0 Å². The molecule has 6 nitrogen and oxygen atoms in total. The van der Waals surface area contributed by atoms with Gasteiger partial charge in [0.2, 0.25) is 0 Å². The van der Waals surface area contributed by atoms with E-state index < -0.39 is 29.3 Å². The third-order valence-corrected chi connectivity index (χ3v) is 7.51. The average molecular weight is 537 g/mol. The molecule has 5 rings (SSSR count). The largest absolute Gasteiger partial charge is 0.490 e. The van der Waals surface area contributed by atoms with E-state index in [0.29, 0.717) is 57.8 Å². The fraction of sp³-hybridized carbons (Fsp3) is 0.387. The molecule has 3 aromatic rings. The summed E-state index contributed by atoms with van der Waals surface area (Å²) in [4.78, 5) is 14.7. The number of hydrogen-bond acceptors (Lipinski definition) is 5. The number of carbonyl (C=O) groups is 1. The molecular formula is C31H34F2N2O4. The van der Waals surface area contributed by atoms with Gasteiger partial charge in [0.05, 0.1) is 11.3 Å². The Balaban J connectivity index is 1.93. The molecule has 0 bridgehead atoms. The van der Waals surface area contributed by atoms with Gasteiger partial charge in [-0.25, -0.2) is 13.6 Å². The van der Waals surface area contributed by atoms with Crippen LogP contribution in [0.3, 0.4) is 0 Å². The van der Waals surface area contributed by atoms with Crippen molar-refractivity contribution in [2.75, 3.05) is 30.4 Å². The predicted molar refractivity (Wildman–Crippen MR) is 149 cm³/mol. The Bertz CT molecular complexity index is 1510. The summed E-state index contributed by atoms with van der Waals surface area (Å²) in [6.07, 6.45) is -1.28. The number of halogens is 2. The van der Waals surface area contributed by atoms with Crippen LogP contribution in [0.15, 0.2) is 24.3 Å². The minimum absolute atomic E-state index is 0.285. The van der Waals surface area contributed by atoms with Crippen LogP contribution >= 0.6 is 0 Å². The van der Waals surface area contributed by atoms with Crippen LogP contribution in [0.25, 0.3) is 22.3 Å². The summed E-state index contributed by atoms with van der Waals surface area (Å²) in [7, 11) is 1.85. The van der Waals surface area contributed by atoms with Gasteiger partial charge in [-0.1, -0.05) is 6.07 Å². The van der Waals surface area contributed by atoms with Gasteiger partial charge in [-0.15, -0.1) is 0 Å². The minimum Gasteiger partial charge on any atom is -0.490 e. The lowest BCUT2D eigenvalue weighted by Gasteiger charge is -2.37. The molecule has 3 aromatic carbocycles. The number of nitrogens with one attached hydrogen (secondary N) is 1. The highest BCUT2D eigenvalue weighted by Gasteiger charge is 2.37. The Hall–Kier alpha value is -3.65. The molecular weight excluding hydrogens is 502 g/mol. The normalized spacial score (nSPS) is 15.1. The lowest BCUT2D eigenvalue weighted by molar-refractivity contribution is -0.160. The first-order chi connectivity index (χ1) is 18.3. The van der Waals surface area contributed by atoms with Crippen LogP contribution in [0.4, 0.5) is 20.2 Å². The Morgan fingerprint density at radius 2 is 1.79 bits per heavy atom. The summed E-state index contributed by atoms with van der Waals surface area (Å²) in [5, 5.41) is 13.9. The lowest BCUT2D eigenvalue weighted by Crippen LogP contribution is -2.30. The zero-order chi connectivity index (χ0) is 28.4. The zero-order valence-electron chi connectivity index (χ0n) is 23.4. The molecule has 1 atom stereocenters. The van der Waals surface area contributed by atoms with E-state index in [9.17, 15) is 14.3 Å². The third kappa shape index (κ3) is 4.50. The Morgan fingerprint density at radius 3 is 2.46 bits per heavy atom. The average Bonchev–Trinajstić information content (AvgIpc) is 2.84. The Morgan fingerprint density at radius 1 is 1.08 bits per heavy atom. The highest BCUT2D eigenvalue weighted by molar-refractivity contribution is 5.97. The molecule has 8 heteroatoms. The van der Waals surface area contributed by atoms with Crippen molar-refractivity contribution in [1.82, 2.24) is 0 Å². The fourth-order valence-electron chi connectivity index (χ4n) is 6.05. The SMILES string of the molecule is Cc1c(-c2c(C)c3c(c(C)c2C(OC(C)(C)C)C(=O)O)N(C)Cc2cc(F)cc(F)c2-3)ccc2c1NCCO2. The third-order valence-electron chi connectivity index (χ3n) is 7.51. The van der Waals surface area contributed by atoms with Crippen LogP contribution in [0, 0.1) is 32.4 Å². The summed E-state index contributed by atoms with van der Waals surface area (Å²) < 4.78 is 41.8. The second-order valence-corrected chi connectivity index (χ2v) is 11.4. The number of aliphatic carboxylic acids is 1. The second-order valence-electron chi connectivity index (χ2n) is 11.4. The minimum atomic E-state index is -1.28. The van der Waals surface area contributed by atoms with Gasteiger partial charge in [0.25, 0.3) is 0 Å². The fourth-order valence-corrected chi connectivity index (χ4v) is 6.05. The molecule has 0 amide bonds. The topological polar surface area (TPSA) is 71.0 Å². The summed E-state index contributed by atoms with van der Waals surface area (Å²) >= 11 is 0. The molecule has 206 valence electrons. The molecule has 0 fully saturated rings. The molecule has 0 aliphatic carbocycles. The van der Waals surface area contributed by atoms with Crippen molar-refractivity contribution in [1.29, 1.82) is 0 Å². The van der Waals surface area contributed by atoms with Crippen molar-refractivity contribution in [3.63, 3.8) is 0 Å². The van der Waals surface area contributed by atoms with Crippen LogP contribution in [0.2, 0.25) is 0 Å². The zero-order valence-corrected chi connectivity index (χ0v) is 23.4. The summed E-state index contributed by atoms with van der Waals surface area (Å²) in [6.45, 7) is 12.6. The van der Waals surface area contributed by atoms with E-state index in [1.165, 1.54) is 6.07 Å². The van der Waals surface area contributed by atoms with E-state index in [1.54, 1.807) is 0 Å². The molecule has 0 radical (unpaired) electrons. The van der Waals surface area contributed by atoms with Crippen LogP contribution in [0.1, 0.15) is 54.7 Å². The van der Waals surface area contributed by atoms with Gasteiger partial charge in [0, 0.05) is 48.6 Å². The summed E-state index contributed by atoms with van der Waals surface area (Å²) in [6, 6.07) is 6.07. The van der Waals surface area contributed by atoms with Crippen molar-refractivity contribution in [2.45, 2.75) is 59.8 Å².